The first-order chi connectivity index (χ1) is 8.86. The molecule has 1 aromatic rings. The molecule has 0 aliphatic rings. The first-order valence-electron chi connectivity index (χ1n) is 6.04. The van der Waals surface area contributed by atoms with Crippen molar-refractivity contribution in [3.05, 3.63) is 4.88 Å². The number of nitrogens with zero attached hydrogens (tertiary/aromatic N) is 2. The average Bonchev–Trinajstić information content (AvgIpc) is 2.71. The first kappa shape index (κ1) is 15.7. The highest BCUT2D eigenvalue weighted by Gasteiger charge is 2.22. The lowest BCUT2D eigenvalue weighted by molar-refractivity contribution is -0.140. The van der Waals surface area contributed by atoms with E-state index in [1.54, 1.807) is 7.11 Å². The van der Waals surface area contributed by atoms with Gasteiger partial charge in [-0.05, 0) is 5.92 Å². The molecule has 1 atom stereocenters. The summed E-state index contributed by atoms with van der Waals surface area (Å²) in [5, 5.41) is 13.0. The summed E-state index contributed by atoms with van der Waals surface area (Å²) in [4.78, 5) is 18.2. The summed E-state index contributed by atoms with van der Waals surface area (Å²) >= 11 is 1.49. The normalized spacial score (nSPS) is 12.5. The molecule has 7 heteroatoms. The minimum atomic E-state index is -0.841. The molecule has 0 bridgehead atoms. The van der Waals surface area contributed by atoms with E-state index in [-0.39, 0.29) is 5.92 Å². The molecule has 0 aliphatic carbocycles. The van der Waals surface area contributed by atoms with Crippen LogP contribution < -0.4 is 15.0 Å². The Bertz CT molecular complexity index is 432. The molecule has 0 saturated carbocycles. The number of ether oxygens (including phenoxy) is 1. The standard InChI is InChI=1S/C12H21N3O3S/c1-7(2)9(11(16)17)13-6-8-10(18-5)14-12(19-8)15(3)4/h7,9,13H,6H2,1-5H3,(H,16,17). The van der Waals surface area contributed by atoms with Crippen LogP contribution in [-0.2, 0) is 11.3 Å². The Balaban J connectivity index is 2.78. The van der Waals surface area contributed by atoms with Crippen LogP contribution in [0.15, 0.2) is 0 Å². The van der Waals surface area contributed by atoms with E-state index < -0.39 is 12.0 Å². The largest absolute Gasteiger partial charge is 0.480 e. The van der Waals surface area contributed by atoms with E-state index in [4.69, 9.17) is 9.84 Å². The number of methoxy groups -OCH3 is 1. The van der Waals surface area contributed by atoms with Gasteiger partial charge >= 0.3 is 5.97 Å². The zero-order valence-corrected chi connectivity index (χ0v) is 12.7. The number of carboxylic acids is 1. The maximum atomic E-state index is 11.1. The molecule has 0 amide bonds. The summed E-state index contributed by atoms with van der Waals surface area (Å²) in [5.74, 6) is -0.273. The smallest absolute Gasteiger partial charge is 0.320 e. The summed E-state index contributed by atoms with van der Waals surface area (Å²) in [6, 6.07) is -0.574. The van der Waals surface area contributed by atoms with Crippen molar-refractivity contribution < 1.29 is 14.6 Å². The van der Waals surface area contributed by atoms with Crippen LogP contribution in [0.3, 0.4) is 0 Å². The molecule has 1 heterocycles. The van der Waals surface area contributed by atoms with Gasteiger partial charge < -0.3 is 14.7 Å². The van der Waals surface area contributed by atoms with E-state index in [1.165, 1.54) is 11.3 Å². The Labute approximate surface area is 117 Å². The third-order valence-corrected chi connectivity index (χ3v) is 3.85. The van der Waals surface area contributed by atoms with Crippen molar-refractivity contribution in [2.45, 2.75) is 26.4 Å². The van der Waals surface area contributed by atoms with Gasteiger partial charge in [-0.15, -0.1) is 0 Å². The predicted molar refractivity (Wildman–Crippen MR) is 76.1 cm³/mol. The van der Waals surface area contributed by atoms with Gasteiger partial charge in [0.05, 0.1) is 12.0 Å². The maximum Gasteiger partial charge on any atom is 0.320 e. The first-order valence-corrected chi connectivity index (χ1v) is 6.85. The number of carboxylic acid groups (broad SMARTS) is 1. The van der Waals surface area contributed by atoms with Crippen molar-refractivity contribution in [1.29, 1.82) is 0 Å². The van der Waals surface area contributed by atoms with E-state index in [2.05, 4.69) is 10.3 Å². The molecule has 2 N–H and O–H groups in total. The lowest BCUT2D eigenvalue weighted by Crippen LogP contribution is -2.40. The van der Waals surface area contributed by atoms with Crippen LogP contribution in [0.2, 0.25) is 0 Å². The molecule has 19 heavy (non-hydrogen) atoms. The van der Waals surface area contributed by atoms with Gasteiger partial charge in [-0.25, -0.2) is 0 Å². The Hall–Kier alpha value is -1.34. The molecule has 1 aromatic heterocycles. The third-order valence-electron chi connectivity index (χ3n) is 2.64. The number of aliphatic carboxylic acids is 1. The van der Waals surface area contributed by atoms with Gasteiger partial charge in [-0.3, -0.25) is 10.1 Å². The summed E-state index contributed by atoms with van der Waals surface area (Å²) in [7, 11) is 5.38. The van der Waals surface area contributed by atoms with Gasteiger partial charge in [0.25, 0.3) is 0 Å². The molecule has 6 nitrogen and oxygen atoms in total. The van der Waals surface area contributed by atoms with E-state index in [9.17, 15) is 4.79 Å². The number of anilines is 1. The molecule has 0 aliphatic heterocycles. The summed E-state index contributed by atoms with van der Waals surface area (Å²) < 4.78 is 5.21. The molecule has 1 unspecified atom stereocenters. The fourth-order valence-electron chi connectivity index (χ4n) is 1.60. The highest BCUT2D eigenvalue weighted by Crippen LogP contribution is 2.30. The summed E-state index contributed by atoms with van der Waals surface area (Å²) in [5.41, 5.74) is 0. The maximum absolute atomic E-state index is 11.1. The minimum Gasteiger partial charge on any atom is -0.480 e. The third kappa shape index (κ3) is 4.07. The molecule has 0 aromatic carbocycles. The highest BCUT2D eigenvalue weighted by atomic mass is 32.1. The van der Waals surface area contributed by atoms with Crippen molar-refractivity contribution in [3.63, 3.8) is 0 Å². The molecular weight excluding hydrogens is 266 g/mol. The van der Waals surface area contributed by atoms with Crippen LogP contribution in [0.25, 0.3) is 0 Å². The van der Waals surface area contributed by atoms with Crippen molar-refractivity contribution in [2.24, 2.45) is 5.92 Å². The lowest BCUT2D eigenvalue weighted by atomic mass is 10.1. The quantitative estimate of drug-likeness (QED) is 0.790. The minimum absolute atomic E-state index is 0.0183. The fraction of sp³-hybridized carbons (Fsp3) is 0.667. The van der Waals surface area contributed by atoms with Crippen molar-refractivity contribution in [1.82, 2.24) is 10.3 Å². The fourth-order valence-corrected chi connectivity index (χ4v) is 2.50. The van der Waals surface area contributed by atoms with E-state index in [0.717, 1.165) is 10.0 Å². The summed E-state index contributed by atoms with van der Waals surface area (Å²) in [6.07, 6.45) is 0. The van der Waals surface area contributed by atoms with Crippen LogP contribution >= 0.6 is 11.3 Å². The number of hydrogen-bond donors (Lipinski definition) is 2. The molecule has 1 rings (SSSR count). The average molecular weight is 287 g/mol. The van der Waals surface area contributed by atoms with Crippen molar-refractivity contribution in [2.75, 3.05) is 26.1 Å². The number of rotatable bonds is 7. The number of hydrogen-bond acceptors (Lipinski definition) is 6. The Morgan fingerprint density at radius 3 is 2.58 bits per heavy atom. The van der Waals surface area contributed by atoms with Gasteiger partial charge in [-0.2, -0.15) is 4.98 Å². The number of thiazole rings is 1. The van der Waals surface area contributed by atoms with Gasteiger partial charge in [0.1, 0.15) is 6.04 Å². The zero-order chi connectivity index (χ0) is 14.6. The topological polar surface area (TPSA) is 74.7 Å². The zero-order valence-electron chi connectivity index (χ0n) is 11.9. The summed E-state index contributed by atoms with van der Waals surface area (Å²) in [6.45, 7) is 4.19. The monoisotopic (exact) mass is 287 g/mol. The number of aromatic nitrogens is 1. The molecule has 108 valence electrons. The Kier molecular flexibility index (Phi) is 5.56. The van der Waals surface area contributed by atoms with Gasteiger partial charge in [0.15, 0.2) is 5.13 Å². The number of carbonyl (C=O) groups is 1. The van der Waals surface area contributed by atoms with Crippen LogP contribution in [0.4, 0.5) is 5.13 Å². The molecule has 0 saturated heterocycles. The van der Waals surface area contributed by atoms with E-state index in [0.29, 0.717) is 12.4 Å². The van der Waals surface area contributed by atoms with Crippen LogP contribution in [0.1, 0.15) is 18.7 Å². The molecule has 0 radical (unpaired) electrons. The van der Waals surface area contributed by atoms with Crippen LogP contribution in [-0.4, -0.2) is 43.3 Å². The highest BCUT2D eigenvalue weighted by molar-refractivity contribution is 7.15. The lowest BCUT2D eigenvalue weighted by Gasteiger charge is -2.17. The van der Waals surface area contributed by atoms with E-state index in [1.807, 2.05) is 32.8 Å². The van der Waals surface area contributed by atoms with E-state index >= 15 is 0 Å². The van der Waals surface area contributed by atoms with Gasteiger partial charge in [0, 0.05) is 20.6 Å². The van der Waals surface area contributed by atoms with Crippen molar-refractivity contribution >= 4 is 22.4 Å². The molecule has 0 spiro atoms. The molecule has 0 fully saturated rings. The second kappa shape index (κ2) is 6.72. The SMILES string of the molecule is COc1nc(N(C)C)sc1CNC(C(=O)O)C(C)C. The van der Waals surface area contributed by atoms with Crippen LogP contribution in [0.5, 0.6) is 5.88 Å². The van der Waals surface area contributed by atoms with Gasteiger partial charge in [-0.1, -0.05) is 25.2 Å². The number of nitrogens with one attached hydrogen (secondary N) is 1. The second-order valence-electron chi connectivity index (χ2n) is 4.76. The van der Waals surface area contributed by atoms with Crippen LogP contribution in [0, 0.1) is 5.92 Å². The molecular formula is C12H21N3O3S. The predicted octanol–water partition coefficient (Wildman–Crippen LogP) is 1.42. The Morgan fingerprint density at radius 1 is 1.53 bits per heavy atom. The van der Waals surface area contributed by atoms with Gasteiger partial charge in [0.2, 0.25) is 5.88 Å². The van der Waals surface area contributed by atoms with Crippen molar-refractivity contribution in [3.8, 4) is 5.88 Å². The second-order valence-corrected chi connectivity index (χ2v) is 5.83. The Morgan fingerprint density at radius 2 is 2.16 bits per heavy atom.